The molecule has 0 aromatic carbocycles. The number of nitrogens with one attached hydrogen (secondary N) is 1. The third-order valence-electron chi connectivity index (χ3n) is 2.41. The fourth-order valence-electron chi connectivity index (χ4n) is 1.64. The largest absolute Gasteiger partial charge is 0.307 e. The molecule has 106 valence electrons. The lowest BCUT2D eigenvalue weighted by Crippen LogP contribution is -2.26. The monoisotopic (exact) mass is 283 g/mol. The molecule has 0 aliphatic carbocycles. The summed E-state index contributed by atoms with van der Waals surface area (Å²) in [6, 6.07) is 5.71. The molecule has 0 radical (unpaired) electrons. The molecule has 0 bridgehead atoms. The number of pyridine rings is 1. The van der Waals surface area contributed by atoms with Crippen LogP contribution in [0.1, 0.15) is 26.5 Å². The van der Waals surface area contributed by atoms with E-state index in [0.717, 1.165) is 11.3 Å². The molecule has 0 saturated carbocycles. The van der Waals surface area contributed by atoms with Gasteiger partial charge >= 0.3 is 0 Å². The normalized spacial score (nSPS) is 11.1. The Hall–Kier alpha value is -1.40. The summed E-state index contributed by atoms with van der Waals surface area (Å²) in [6.45, 7) is 6.19. The maximum Gasteiger partial charge on any atom is 0.211 e. The first-order valence-electron chi connectivity index (χ1n) is 6.50. The van der Waals surface area contributed by atoms with E-state index in [9.17, 15) is 8.42 Å². The average molecular weight is 283 g/mol. The van der Waals surface area contributed by atoms with Crippen LogP contribution in [0.4, 0.5) is 0 Å². The Morgan fingerprint density at radius 3 is 2.68 bits per heavy atom. The highest BCUT2D eigenvalue weighted by Gasteiger charge is 2.10. The molecule has 6 heteroatoms. The molecule has 0 atom stereocenters. The van der Waals surface area contributed by atoms with E-state index in [1.807, 2.05) is 48.8 Å². The van der Waals surface area contributed by atoms with Crippen molar-refractivity contribution in [1.82, 2.24) is 14.1 Å². The molecule has 0 aliphatic rings. The zero-order valence-corrected chi connectivity index (χ0v) is 12.4. The van der Waals surface area contributed by atoms with E-state index in [1.165, 1.54) is 0 Å². The van der Waals surface area contributed by atoms with Crippen molar-refractivity contribution in [2.45, 2.75) is 27.2 Å². The van der Waals surface area contributed by atoms with E-state index in [4.69, 9.17) is 0 Å². The van der Waals surface area contributed by atoms with Crippen LogP contribution in [0.2, 0.25) is 0 Å². The number of nitrogens with zero attached hydrogens (tertiary/aromatic N) is 2. The molecule has 5 nitrogen and oxygen atoms in total. The van der Waals surface area contributed by atoms with Crippen LogP contribution in [-0.2, 0) is 16.4 Å². The number of aryl methyl sites for hydroxylation is 1. The van der Waals surface area contributed by atoms with Gasteiger partial charge in [0, 0.05) is 25.4 Å². The first-order chi connectivity index (χ1) is 9.11. The van der Waals surface area contributed by atoms with E-state index in [1.54, 1.807) is 6.92 Å². The van der Waals surface area contributed by atoms with Crippen molar-refractivity contribution in [3.8, 4) is 0 Å². The number of rotatable bonds is 5. The van der Waals surface area contributed by atoms with Crippen molar-refractivity contribution >= 4 is 15.7 Å². The summed E-state index contributed by atoms with van der Waals surface area (Å²) < 4.78 is 27.3. The second kappa shape index (κ2) is 7.25. The molecule has 2 heterocycles. The lowest BCUT2D eigenvalue weighted by molar-refractivity contribution is 0.583. The van der Waals surface area contributed by atoms with E-state index >= 15 is 0 Å². The molecule has 0 aliphatic heterocycles. The van der Waals surface area contributed by atoms with Gasteiger partial charge in [-0.2, -0.15) is 0 Å². The number of hydrogen-bond acceptors (Lipinski definition) is 3. The van der Waals surface area contributed by atoms with Gasteiger partial charge in [0.15, 0.2) is 0 Å². The van der Waals surface area contributed by atoms with Gasteiger partial charge in [-0.3, -0.25) is 0 Å². The van der Waals surface area contributed by atoms with Crippen molar-refractivity contribution in [3.63, 3.8) is 0 Å². The quantitative estimate of drug-likeness (QED) is 0.910. The summed E-state index contributed by atoms with van der Waals surface area (Å²) in [4.78, 5) is 4.35. The highest BCUT2D eigenvalue weighted by molar-refractivity contribution is 7.89. The fraction of sp³-hybridized carbons (Fsp3) is 0.462. The molecule has 0 spiro atoms. The maximum atomic E-state index is 11.5. The van der Waals surface area contributed by atoms with Crippen LogP contribution in [0.25, 0.3) is 5.65 Å². The second-order valence-corrected chi connectivity index (χ2v) is 5.69. The van der Waals surface area contributed by atoms with Gasteiger partial charge in [-0.1, -0.05) is 26.8 Å². The van der Waals surface area contributed by atoms with E-state index in [0.29, 0.717) is 13.0 Å². The Morgan fingerprint density at radius 1 is 1.32 bits per heavy atom. The predicted molar refractivity (Wildman–Crippen MR) is 77.7 cm³/mol. The van der Waals surface area contributed by atoms with Crippen LogP contribution < -0.4 is 4.72 Å². The first kappa shape index (κ1) is 15.7. The number of imidazole rings is 1. The molecule has 1 N–H and O–H groups in total. The Balaban J connectivity index is 0.000000861. The third-order valence-corrected chi connectivity index (χ3v) is 3.88. The summed E-state index contributed by atoms with van der Waals surface area (Å²) in [5, 5.41) is 0. The van der Waals surface area contributed by atoms with Crippen LogP contribution in [0.3, 0.4) is 0 Å². The summed E-state index contributed by atoms with van der Waals surface area (Å²) in [7, 11) is -3.17. The van der Waals surface area contributed by atoms with Crippen LogP contribution in [0.5, 0.6) is 0 Å². The SMILES string of the molecule is CC.CCNS(=O)(=O)CCc1cn2ccccc2n1. The third kappa shape index (κ3) is 4.65. The summed E-state index contributed by atoms with van der Waals surface area (Å²) in [5.74, 6) is 0.0741. The molecule has 0 saturated heterocycles. The molecule has 0 amide bonds. The van der Waals surface area contributed by atoms with Gasteiger partial charge in [0.25, 0.3) is 0 Å². The summed E-state index contributed by atoms with van der Waals surface area (Å²) >= 11 is 0. The Labute approximate surface area is 114 Å². The molecule has 19 heavy (non-hydrogen) atoms. The molecular formula is C13H21N3O2S. The van der Waals surface area contributed by atoms with E-state index < -0.39 is 10.0 Å². The molecular weight excluding hydrogens is 262 g/mol. The van der Waals surface area contributed by atoms with Crippen molar-refractivity contribution in [3.05, 3.63) is 36.3 Å². The lowest BCUT2D eigenvalue weighted by atomic mass is 10.4. The molecule has 2 aromatic rings. The van der Waals surface area contributed by atoms with Crippen molar-refractivity contribution < 1.29 is 8.42 Å². The standard InChI is InChI=1S/C11H15N3O2S.C2H6/c1-2-12-17(15,16)8-6-10-9-14-7-4-3-5-11(14)13-10;1-2/h3-5,7,9,12H,2,6,8H2,1H3;1-2H3. The van der Waals surface area contributed by atoms with Crippen LogP contribution in [0.15, 0.2) is 30.6 Å². The zero-order chi connectivity index (χ0) is 14.3. The number of sulfonamides is 1. The second-order valence-electron chi connectivity index (χ2n) is 3.77. The van der Waals surface area contributed by atoms with Crippen molar-refractivity contribution in [2.75, 3.05) is 12.3 Å². The van der Waals surface area contributed by atoms with Crippen molar-refractivity contribution in [1.29, 1.82) is 0 Å². The van der Waals surface area contributed by atoms with E-state index in [2.05, 4.69) is 9.71 Å². The van der Waals surface area contributed by atoms with Gasteiger partial charge in [0.2, 0.25) is 10.0 Å². The minimum absolute atomic E-state index is 0.0741. The number of hydrogen-bond donors (Lipinski definition) is 1. The van der Waals surface area contributed by atoms with Gasteiger partial charge < -0.3 is 4.40 Å². The average Bonchev–Trinajstić information content (AvgIpc) is 2.82. The Bertz CT molecular complexity index is 572. The topological polar surface area (TPSA) is 63.5 Å². The van der Waals surface area contributed by atoms with Crippen molar-refractivity contribution in [2.24, 2.45) is 0 Å². The first-order valence-corrected chi connectivity index (χ1v) is 8.16. The fourth-order valence-corrected chi connectivity index (χ4v) is 2.70. The van der Waals surface area contributed by atoms with Crippen LogP contribution in [0, 0.1) is 0 Å². The smallest absolute Gasteiger partial charge is 0.211 e. The number of fused-ring (bicyclic) bond motifs is 1. The highest BCUT2D eigenvalue weighted by Crippen LogP contribution is 2.05. The lowest BCUT2D eigenvalue weighted by Gasteiger charge is -2.01. The van der Waals surface area contributed by atoms with Gasteiger partial charge in [-0.25, -0.2) is 18.1 Å². The zero-order valence-electron chi connectivity index (χ0n) is 11.6. The molecule has 0 fully saturated rings. The van der Waals surface area contributed by atoms with E-state index in [-0.39, 0.29) is 5.75 Å². The van der Waals surface area contributed by atoms with Crippen LogP contribution in [-0.4, -0.2) is 30.1 Å². The molecule has 2 aromatic heterocycles. The van der Waals surface area contributed by atoms with Gasteiger partial charge in [-0.15, -0.1) is 0 Å². The highest BCUT2D eigenvalue weighted by atomic mass is 32.2. The Kier molecular flexibility index (Phi) is 5.98. The minimum atomic E-state index is -3.17. The summed E-state index contributed by atoms with van der Waals surface area (Å²) in [5.41, 5.74) is 1.63. The minimum Gasteiger partial charge on any atom is -0.307 e. The summed E-state index contributed by atoms with van der Waals surface area (Å²) in [6.07, 6.45) is 4.18. The van der Waals surface area contributed by atoms with Gasteiger partial charge in [0.1, 0.15) is 5.65 Å². The molecule has 2 rings (SSSR count). The molecule has 0 unspecified atom stereocenters. The van der Waals surface area contributed by atoms with Gasteiger partial charge in [0.05, 0.1) is 11.4 Å². The van der Waals surface area contributed by atoms with Gasteiger partial charge in [-0.05, 0) is 12.1 Å². The predicted octanol–water partition coefficient (Wildman–Crippen LogP) is 1.84. The maximum absolute atomic E-state index is 11.5. The van der Waals surface area contributed by atoms with Crippen LogP contribution >= 0.6 is 0 Å². The number of aromatic nitrogens is 2. The Morgan fingerprint density at radius 2 is 2.05 bits per heavy atom.